The number of carboxylic acid groups (broad SMARTS) is 1. The molecule has 5 heteroatoms. The van der Waals surface area contributed by atoms with Crippen molar-refractivity contribution in [2.24, 2.45) is 0 Å². The Morgan fingerprint density at radius 2 is 2.00 bits per heavy atom. The Hall–Kier alpha value is -1.62. The molecule has 0 bridgehead atoms. The normalized spacial score (nSPS) is 11.3. The molecule has 18 heavy (non-hydrogen) atoms. The van der Waals surface area contributed by atoms with Gasteiger partial charge in [-0.3, -0.25) is 0 Å². The molecule has 0 unspecified atom stereocenters. The van der Waals surface area contributed by atoms with E-state index in [1.54, 1.807) is 0 Å². The van der Waals surface area contributed by atoms with Crippen LogP contribution < -0.4 is 4.74 Å². The Labute approximate surface area is 105 Å². The first-order chi connectivity index (χ1) is 8.31. The summed E-state index contributed by atoms with van der Waals surface area (Å²) in [6, 6.07) is 3.79. The zero-order valence-electron chi connectivity index (χ0n) is 10.7. The number of hydrogen-bond acceptors (Lipinski definition) is 3. The summed E-state index contributed by atoms with van der Waals surface area (Å²) in [6.45, 7) is 6.02. The van der Waals surface area contributed by atoms with Gasteiger partial charge >= 0.3 is 5.97 Å². The third-order valence-electron chi connectivity index (χ3n) is 2.06. The highest BCUT2D eigenvalue weighted by molar-refractivity contribution is 5.90. The van der Waals surface area contributed by atoms with Crippen molar-refractivity contribution in [1.82, 2.24) is 0 Å². The van der Waals surface area contributed by atoms with Gasteiger partial charge in [0.25, 0.3) is 0 Å². The van der Waals surface area contributed by atoms with Gasteiger partial charge in [-0.2, -0.15) is 0 Å². The van der Waals surface area contributed by atoms with Gasteiger partial charge in [0.1, 0.15) is 12.2 Å². The summed E-state index contributed by atoms with van der Waals surface area (Å²) < 4.78 is 24.0. The number of rotatable bonds is 5. The van der Waals surface area contributed by atoms with Crippen molar-refractivity contribution in [3.63, 3.8) is 0 Å². The smallest absolute Gasteiger partial charge is 0.339 e. The van der Waals surface area contributed by atoms with E-state index in [1.165, 1.54) is 12.1 Å². The molecule has 0 fully saturated rings. The monoisotopic (exact) mass is 256 g/mol. The molecule has 0 atom stereocenters. The van der Waals surface area contributed by atoms with Crippen LogP contribution in [-0.4, -0.2) is 29.9 Å². The number of halogens is 1. The average Bonchev–Trinajstić information content (AvgIpc) is 2.24. The van der Waals surface area contributed by atoms with E-state index in [1.807, 2.05) is 20.8 Å². The van der Waals surface area contributed by atoms with Gasteiger partial charge in [-0.15, -0.1) is 0 Å². The third kappa shape index (κ3) is 4.33. The lowest BCUT2D eigenvalue weighted by Crippen LogP contribution is -2.22. The fourth-order valence-electron chi connectivity index (χ4n) is 1.32. The molecule has 0 aliphatic heterocycles. The van der Waals surface area contributed by atoms with Crippen LogP contribution in [0.25, 0.3) is 0 Å². The highest BCUT2D eigenvalue weighted by atomic mass is 19.1. The lowest BCUT2D eigenvalue weighted by Gasteiger charge is -2.19. The number of carbonyl (C=O) groups is 1. The molecule has 0 spiro atoms. The second-order valence-electron chi connectivity index (χ2n) is 4.73. The molecule has 0 aliphatic carbocycles. The highest BCUT2D eigenvalue weighted by Crippen LogP contribution is 2.22. The zero-order valence-corrected chi connectivity index (χ0v) is 10.7. The molecule has 0 radical (unpaired) electrons. The van der Waals surface area contributed by atoms with Crippen LogP contribution in [-0.2, 0) is 4.74 Å². The molecule has 0 amide bonds. The largest absolute Gasteiger partial charge is 0.487 e. The van der Waals surface area contributed by atoms with Gasteiger partial charge in [-0.05, 0) is 32.9 Å². The average molecular weight is 256 g/mol. The predicted molar refractivity (Wildman–Crippen MR) is 64.6 cm³/mol. The van der Waals surface area contributed by atoms with Crippen molar-refractivity contribution in [2.45, 2.75) is 26.4 Å². The second kappa shape index (κ2) is 5.82. The minimum atomic E-state index is -1.22. The third-order valence-corrected chi connectivity index (χ3v) is 2.06. The molecule has 1 rings (SSSR count). The van der Waals surface area contributed by atoms with Crippen molar-refractivity contribution in [2.75, 3.05) is 13.2 Å². The topological polar surface area (TPSA) is 55.8 Å². The van der Waals surface area contributed by atoms with E-state index >= 15 is 0 Å². The van der Waals surface area contributed by atoms with Crippen molar-refractivity contribution in [3.05, 3.63) is 29.6 Å². The van der Waals surface area contributed by atoms with E-state index < -0.39 is 11.8 Å². The van der Waals surface area contributed by atoms with Gasteiger partial charge in [-0.1, -0.05) is 6.07 Å². The SMILES string of the molecule is CC(C)(C)OCCOc1c(F)cccc1C(=O)O. The van der Waals surface area contributed by atoms with Gasteiger partial charge in [0, 0.05) is 0 Å². The summed E-state index contributed by atoms with van der Waals surface area (Å²) in [6.07, 6.45) is 0. The number of carboxylic acids is 1. The van der Waals surface area contributed by atoms with Crippen LogP contribution >= 0.6 is 0 Å². The summed E-state index contributed by atoms with van der Waals surface area (Å²) in [5, 5.41) is 8.90. The van der Waals surface area contributed by atoms with Gasteiger partial charge in [0.2, 0.25) is 0 Å². The van der Waals surface area contributed by atoms with Crippen LogP contribution in [0.2, 0.25) is 0 Å². The molecule has 0 aromatic heterocycles. The molecule has 0 saturated heterocycles. The van der Waals surface area contributed by atoms with Gasteiger partial charge in [0.05, 0.1) is 12.2 Å². The number of para-hydroxylation sites is 1. The fourth-order valence-corrected chi connectivity index (χ4v) is 1.32. The van der Waals surface area contributed by atoms with Crippen molar-refractivity contribution >= 4 is 5.97 Å². The molecule has 1 N–H and O–H groups in total. The first kappa shape index (κ1) is 14.4. The summed E-state index contributed by atoms with van der Waals surface area (Å²) >= 11 is 0. The van der Waals surface area contributed by atoms with Crippen LogP contribution in [0.4, 0.5) is 4.39 Å². The number of hydrogen-bond donors (Lipinski definition) is 1. The van der Waals surface area contributed by atoms with Gasteiger partial charge in [-0.25, -0.2) is 9.18 Å². The summed E-state index contributed by atoms with van der Waals surface area (Å²) in [5.74, 6) is -2.16. The standard InChI is InChI=1S/C13H17FO4/c1-13(2,3)18-8-7-17-11-9(12(15)16)5-4-6-10(11)14/h4-6H,7-8H2,1-3H3,(H,15,16). The van der Waals surface area contributed by atoms with Crippen LogP contribution in [0.3, 0.4) is 0 Å². The first-order valence-corrected chi connectivity index (χ1v) is 5.60. The molecule has 0 aliphatic rings. The maximum Gasteiger partial charge on any atom is 0.339 e. The van der Waals surface area contributed by atoms with Crippen molar-refractivity contribution < 1.29 is 23.8 Å². The maximum atomic E-state index is 13.4. The van der Waals surface area contributed by atoms with Crippen molar-refractivity contribution in [3.8, 4) is 5.75 Å². The number of aromatic carboxylic acids is 1. The molecule has 1 aromatic carbocycles. The number of ether oxygens (including phenoxy) is 2. The predicted octanol–water partition coefficient (Wildman–Crippen LogP) is 2.72. The van der Waals surface area contributed by atoms with Crippen LogP contribution in [0.5, 0.6) is 5.75 Å². The Bertz CT molecular complexity index is 423. The molecule has 1 aromatic rings. The van der Waals surface area contributed by atoms with Gasteiger partial charge < -0.3 is 14.6 Å². The summed E-state index contributed by atoms with van der Waals surface area (Å²) in [7, 11) is 0. The quantitative estimate of drug-likeness (QED) is 0.823. The van der Waals surface area contributed by atoms with Crippen LogP contribution in [0.15, 0.2) is 18.2 Å². The molecule has 100 valence electrons. The number of benzene rings is 1. The second-order valence-corrected chi connectivity index (χ2v) is 4.73. The minimum absolute atomic E-state index is 0.0957. The van der Waals surface area contributed by atoms with E-state index in [9.17, 15) is 9.18 Å². The Kier molecular flexibility index (Phi) is 4.67. The molecule has 4 nitrogen and oxygen atoms in total. The minimum Gasteiger partial charge on any atom is -0.487 e. The first-order valence-electron chi connectivity index (χ1n) is 5.60. The van der Waals surface area contributed by atoms with E-state index in [0.29, 0.717) is 0 Å². The Morgan fingerprint density at radius 1 is 1.33 bits per heavy atom. The molecule has 0 heterocycles. The molecular weight excluding hydrogens is 239 g/mol. The lowest BCUT2D eigenvalue weighted by molar-refractivity contribution is -0.0168. The summed E-state index contributed by atoms with van der Waals surface area (Å²) in [4.78, 5) is 10.9. The van der Waals surface area contributed by atoms with Crippen LogP contribution in [0.1, 0.15) is 31.1 Å². The molecule has 0 saturated carbocycles. The van der Waals surface area contributed by atoms with E-state index in [4.69, 9.17) is 14.6 Å². The van der Waals surface area contributed by atoms with E-state index in [0.717, 1.165) is 6.07 Å². The Morgan fingerprint density at radius 3 is 2.56 bits per heavy atom. The summed E-state index contributed by atoms with van der Waals surface area (Å²) in [5.41, 5.74) is -0.500. The maximum absolute atomic E-state index is 13.4. The fraction of sp³-hybridized carbons (Fsp3) is 0.462. The lowest BCUT2D eigenvalue weighted by atomic mass is 10.2. The zero-order chi connectivity index (χ0) is 13.8. The Balaban J connectivity index is 2.64. The van der Waals surface area contributed by atoms with E-state index in [2.05, 4.69) is 0 Å². The van der Waals surface area contributed by atoms with Crippen LogP contribution in [0, 0.1) is 5.82 Å². The molecular formula is C13H17FO4. The highest BCUT2D eigenvalue weighted by Gasteiger charge is 2.16. The van der Waals surface area contributed by atoms with Crippen molar-refractivity contribution in [1.29, 1.82) is 0 Å². The van der Waals surface area contributed by atoms with E-state index in [-0.39, 0.29) is 30.1 Å². The van der Waals surface area contributed by atoms with Gasteiger partial charge in [0.15, 0.2) is 11.6 Å².